The number of amides is 1. The van der Waals surface area contributed by atoms with Crippen molar-refractivity contribution >= 4 is 28.1 Å². The van der Waals surface area contributed by atoms with E-state index in [0.717, 1.165) is 16.3 Å². The summed E-state index contributed by atoms with van der Waals surface area (Å²) in [6, 6.07) is 7.63. The SMILES string of the molecule is CC[C@@H](Nc1ccccc1C)C(=O)Nc1nnc(C)s1. The van der Waals surface area contributed by atoms with Gasteiger partial charge in [-0.15, -0.1) is 10.2 Å². The summed E-state index contributed by atoms with van der Waals surface area (Å²) in [5, 5.41) is 15.2. The van der Waals surface area contributed by atoms with Crippen LogP contribution in [0.5, 0.6) is 0 Å². The van der Waals surface area contributed by atoms with E-state index in [1.165, 1.54) is 11.3 Å². The lowest BCUT2D eigenvalue weighted by molar-refractivity contribution is -0.117. The van der Waals surface area contributed by atoms with Crippen LogP contribution in [0.25, 0.3) is 0 Å². The van der Waals surface area contributed by atoms with Crippen molar-refractivity contribution in [2.75, 3.05) is 10.6 Å². The van der Waals surface area contributed by atoms with Crippen LogP contribution >= 0.6 is 11.3 Å². The lowest BCUT2D eigenvalue weighted by atomic mass is 10.1. The first-order valence-corrected chi connectivity index (χ1v) is 7.35. The molecule has 0 aliphatic rings. The predicted molar refractivity (Wildman–Crippen MR) is 82.2 cm³/mol. The van der Waals surface area contributed by atoms with Crippen molar-refractivity contribution in [1.82, 2.24) is 10.2 Å². The number of carbonyl (C=O) groups excluding carboxylic acids is 1. The first-order valence-electron chi connectivity index (χ1n) is 6.53. The van der Waals surface area contributed by atoms with Gasteiger partial charge >= 0.3 is 0 Å². The van der Waals surface area contributed by atoms with E-state index in [1.54, 1.807) is 0 Å². The highest BCUT2D eigenvalue weighted by Gasteiger charge is 2.18. The summed E-state index contributed by atoms with van der Waals surface area (Å²) in [5.74, 6) is -0.0908. The highest BCUT2D eigenvalue weighted by molar-refractivity contribution is 7.15. The third-order valence-corrected chi connectivity index (χ3v) is 3.71. The number of benzene rings is 1. The van der Waals surface area contributed by atoms with E-state index in [0.29, 0.717) is 11.6 Å². The Balaban J connectivity index is 2.04. The van der Waals surface area contributed by atoms with Crippen LogP contribution < -0.4 is 10.6 Å². The zero-order valence-corrected chi connectivity index (χ0v) is 12.6. The Hall–Kier alpha value is -1.95. The largest absolute Gasteiger partial charge is 0.373 e. The third kappa shape index (κ3) is 3.54. The number of nitrogens with one attached hydrogen (secondary N) is 2. The Morgan fingerprint density at radius 1 is 1.30 bits per heavy atom. The van der Waals surface area contributed by atoms with Gasteiger partial charge in [-0.05, 0) is 31.9 Å². The molecule has 1 aromatic heterocycles. The highest BCUT2D eigenvalue weighted by Crippen LogP contribution is 2.18. The average Bonchev–Trinajstić information content (AvgIpc) is 2.83. The van der Waals surface area contributed by atoms with Crippen LogP contribution in [0.1, 0.15) is 23.9 Å². The Morgan fingerprint density at radius 3 is 2.65 bits per heavy atom. The third-order valence-electron chi connectivity index (χ3n) is 2.96. The molecular formula is C14H18N4OS. The number of hydrogen-bond acceptors (Lipinski definition) is 5. The maximum Gasteiger partial charge on any atom is 0.248 e. The van der Waals surface area contributed by atoms with Crippen LogP contribution in [-0.2, 0) is 4.79 Å². The van der Waals surface area contributed by atoms with Gasteiger partial charge in [0.1, 0.15) is 11.0 Å². The monoisotopic (exact) mass is 290 g/mol. The number of carbonyl (C=O) groups is 1. The van der Waals surface area contributed by atoms with Gasteiger partial charge in [-0.1, -0.05) is 36.5 Å². The summed E-state index contributed by atoms with van der Waals surface area (Å²) in [7, 11) is 0. The van der Waals surface area contributed by atoms with Gasteiger partial charge in [0.05, 0.1) is 0 Å². The molecule has 0 bridgehead atoms. The zero-order valence-electron chi connectivity index (χ0n) is 11.8. The molecule has 1 atom stereocenters. The van der Waals surface area contributed by atoms with Crippen molar-refractivity contribution in [1.29, 1.82) is 0 Å². The molecule has 2 aromatic rings. The van der Waals surface area contributed by atoms with Gasteiger partial charge < -0.3 is 5.32 Å². The Morgan fingerprint density at radius 2 is 2.05 bits per heavy atom. The van der Waals surface area contributed by atoms with E-state index in [1.807, 2.05) is 45.0 Å². The van der Waals surface area contributed by atoms with E-state index in [2.05, 4.69) is 20.8 Å². The molecule has 1 amide bonds. The number of aromatic nitrogens is 2. The van der Waals surface area contributed by atoms with Gasteiger partial charge in [0, 0.05) is 5.69 Å². The summed E-state index contributed by atoms with van der Waals surface area (Å²) < 4.78 is 0. The molecule has 0 radical (unpaired) electrons. The van der Waals surface area contributed by atoms with Gasteiger partial charge in [0.15, 0.2) is 0 Å². The quantitative estimate of drug-likeness (QED) is 0.888. The molecular weight excluding hydrogens is 272 g/mol. The average molecular weight is 290 g/mol. The van der Waals surface area contributed by atoms with Crippen molar-refractivity contribution in [2.45, 2.75) is 33.2 Å². The summed E-state index contributed by atoms with van der Waals surface area (Å²) in [6.45, 7) is 5.85. The van der Waals surface area contributed by atoms with Crippen molar-refractivity contribution in [3.8, 4) is 0 Å². The number of anilines is 2. The summed E-state index contributed by atoms with van der Waals surface area (Å²) >= 11 is 1.37. The van der Waals surface area contributed by atoms with Gasteiger partial charge in [-0.25, -0.2) is 0 Å². The number of nitrogens with zero attached hydrogens (tertiary/aromatic N) is 2. The van der Waals surface area contributed by atoms with Crippen LogP contribution in [0.3, 0.4) is 0 Å². The topological polar surface area (TPSA) is 66.9 Å². The van der Waals surface area contributed by atoms with Crippen LogP contribution in [0.15, 0.2) is 24.3 Å². The van der Waals surface area contributed by atoms with Crippen LogP contribution in [0.4, 0.5) is 10.8 Å². The summed E-state index contributed by atoms with van der Waals surface area (Å²) in [5.41, 5.74) is 2.09. The molecule has 0 aliphatic carbocycles. The number of aryl methyl sites for hydroxylation is 2. The Labute approximate surface area is 122 Å². The first kappa shape index (κ1) is 14.5. The van der Waals surface area contributed by atoms with E-state index in [9.17, 15) is 4.79 Å². The molecule has 0 aliphatic heterocycles. The van der Waals surface area contributed by atoms with Gasteiger partial charge in [0.25, 0.3) is 0 Å². The normalized spacial score (nSPS) is 11.9. The summed E-state index contributed by atoms with van der Waals surface area (Å²) in [6.07, 6.45) is 0.692. The zero-order chi connectivity index (χ0) is 14.5. The van der Waals surface area contributed by atoms with Crippen LogP contribution in [0, 0.1) is 13.8 Å². The van der Waals surface area contributed by atoms with Gasteiger partial charge in [-0.2, -0.15) is 0 Å². The second-order valence-corrected chi connectivity index (χ2v) is 5.72. The molecule has 6 heteroatoms. The Bertz CT molecular complexity index is 596. The number of hydrogen-bond donors (Lipinski definition) is 2. The van der Waals surface area contributed by atoms with Crippen LogP contribution in [0.2, 0.25) is 0 Å². The lowest BCUT2D eigenvalue weighted by Gasteiger charge is -2.18. The molecule has 20 heavy (non-hydrogen) atoms. The molecule has 2 N–H and O–H groups in total. The number of para-hydroxylation sites is 1. The van der Waals surface area contributed by atoms with Gasteiger partial charge in [0.2, 0.25) is 11.0 Å². The molecule has 0 fully saturated rings. The van der Waals surface area contributed by atoms with Gasteiger partial charge in [-0.3, -0.25) is 10.1 Å². The van der Waals surface area contributed by atoms with Crippen molar-refractivity contribution < 1.29 is 4.79 Å². The minimum Gasteiger partial charge on any atom is -0.373 e. The van der Waals surface area contributed by atoms with E-state index < -0.39 is 0 Å². The summed E-state index contributed by atoms with van der Waals surface area (Å²) in [4.78, 5) is 12.2. The molecule has 0 saturated carbocycles. The molecule has 1 heterocycles. The maximum absolute atomic E-state index is 12.2. The second-order valence-electron chi connectivity index (χ2n) is 4.54. The molecule has 5 nitrogen and oxygen atoms in total. The molecule has 2 rings (SSSR count). The van der Waals surface area contributed by atoms with E-state index >= 15 is 0 Å². The Kier molecular flexibility index (Phi) is 4.68. The fraction of sp³-hybridized carbons (Fsp3) is 0.357. The highest BCUT2D eigenvalue weighted by atomic mass is 32.1. The minimum absolute atomic E-state index is 0.0908. The fourth-order valence-corrected chi connectivity index (χ4v) is 2.41. The predicted octanol–water partition coefficient (Wildman–Crippen LogP) is 2.98. The molecule has 1 aromatic carbocycles. The maximum atomic E-state index is 12.2. The minimum atomic E-state index is -0.291. The number of rotatable bonds is 5. The van der Waals surface area contributed by atoms with Crippen molar-refractivity contribution in [2.24, 2.45) is 0 Å². The first-order chi connectivity index (χ1) is 9.60. The van der Waals surface area contributed by atoms with Crippen molar-refractivity contribution in [3.63, 3.8) is 0 Å². The second kappa shape index (κ2) is 6.47. The van der Waals surface area contributed by atoms with E-state index in [-0.39, 0.29) is 11.9 Å². The molecule has 0 spiro atoms. The van der Waals surface area contributed by atoms with E-state index in [4.69, 9.17) is 0 Å². The van der Waals surface area contributed by atoms with Crippen molar-refractivity contribution in [3.05, 3.63) is 34.8 Å². The lowest BCUT2D eigenvalue weighted by Crippen LogP contribution is -2.34. The molecule has 0 unspecified atom stereocenters. The van der Waals surface area contributed by atoms with Crippen LogP contribution in [-0.4, -0.2) is 22.1 Å². The molecule has 106 valence electrons. The smallest absolute Gasteiger partial charge is 0.248 e. The standard InChI is InChI=1S/C14H18N4OS/c1-4-11(15-12-8-6-5-7-9(12)2)13(19)16-14-18-17-10(3)20-14/h5-8,11,15H,4H2,1-3H3,(H,16,18,19)/t11-/m1/s1. The molecule has 0 saturated heterocycles. The fourth-order valence-electron chi connectivity index (χ4n) is 1.82.